The standard InChI is InChI=1S/C19H22FN3OS/c1-25-16-6-4-5-15(11-16)22-19(24)21-12-14-9-10-23(13-14)18-8-3-2-7-17(18)20/h2-8,11,14H,9-10,12-13H2,1H3,(H2,21,22,24)/t14-/m0/s1. The third-order valence-electron chi connectivity index (χ3n) is 4.36. The van der Waals surface area contributed by atoms with Crippen molar-refractivity contribution in [3.8, 4) is 0 Å². The number of hydrogen-bond acceptors (Lipinski definition) is 3. The lowest BCUT2D eigenvalue weighted by molar-refractivity contribution is 0.250. The van der Waals surface area contributed by atoms with Crippen LogP contribution in [0.25, 0.3) is 0 Å². The van der Waals surface area contributed by atoms with Crippen molar-refractivity contribution in [3.05, 3.63) is 54.3 Å². The molecule has 0 spiro atoms. The van der Waals surface area contributed by atoms with Crippen molar-refractivity contribution in [1.82, 2.24) is 5.32 Å². The van der Waals surface area contributed by atoms with Gasteiger partial charge < -0.3 is 15.5 Å². The van der Waals surface area contributed by atoms with Gasteiger partial charge >= 0.3 is 6.03 Å². The van der Waals surface area contributed by atoms with Crippen LogP contribution < -0.4 is 15.5 Å². The summed E-state index contributed by atoms with van der Waals surface area (Å²) >= 11 is 1.64. The Bertz CT molecular complexity index is 740. The molecule has 2 amide bonds. The highest BCUT2D eigenvalue weighted by molar-refractivity contribution is 7.98. The van der Waals surface area contributed by atoms with E-state index in [1.165, 1.54) is 6.07 Å². The number of nitrogens with one attached hydrogen (secondary N) is 2. The molecule has 132 valence electrons. The zero-order valence-corrected chi connectivity index (χ0v) is 15.0. The Hall–Kier alpha value is -2.21. The minimum atomic E-state index is -0.206. The van der Waals surface area contributed by atoms with E-state index in [0.29, 0.717) is 18.2 Å². The number of hydrogen-bond donors (Lipinski definition) is 2. The van der Waals surface area contributed by atoms with Gasteiger partial charge in [-0.05, 0) is 48.9 Å². The summed E-state index contributed by atoms with van der Waals surface area (Å²) in [6.07, 6.45) is 2.94. The topological polar surface area (TPSA) is 44.4 Å². The highest BCUT2D eigenvalue weighted by atomic mass is 32.2. The van der Waals surface area contributed by atoms with Crippen LogP contribution in [-0.2, 0) is 0 Å². The number of carbonyl (C=O) groups excluding carboxylic acids is 1. The van der Waals surface area contributed by atoms with Crippen molar-refractivity contribution >= 4 is 29.2 Å². The molecule has 0 unspecified atom stereocenters. The highest BCUT2D eigenvalue weighted by Gasteiger charge is 2.24. The molecule has 6 heteroatoms. The van der Waals surface area contributed by atoms with Gasteiger partial charge in [0.2, 0.25) is 0 Å². The Morgan fingerprint density at radius 2 is 2.12 bits per heavy atom. The normalized spacial score (nSPS) is 16.7. The van der Waals surface area contributed by atoms with Crippen LogP contribution >= 0.6 is 11.8 Å². The Labute approximate surface area is 151 Å². The molecule has 1 aliphatic heterocycles. The van der Waals surface area contributed by atoms with E-state index in [-0.39, 0.29) is 11.8 Å². The molecule has 2 aromatic rings. The molecule has 1 atom stereocenters. The van der Waals surface area contributed by atoms with E-state index < -0.39 is 0 Å². The van der Waals surface area contributed by atoms with Gasteiger partial charge in [0.1, 0.15) is 5.82 Å². The predicted molar refractivity (Wildman–Crippen MR) is 102 cm³/mol. The Balaban J connectivity index is 1.47. The zero-order valence-electron chi connectivity index (χ0n) is 14.2. The van der Waals surface area contributed by atoms with E-state index in [0.717, 1.165) is 30.1 Å². The molecule has 0 bridgehead atoms. The Morgan fingerprint density at radius 3 is 2.92 bits per heavy atom. The first kappa shape index (κ1) is 17.6. The number of anilines is 2. The molecule has 25 heavy (non-hydrogen) atoms. The largest absolute Gasteiger partial charge is 0.369 e. The number of para-hydroxylation sites is 1. The number of carbonyl (C=O) groups is 1. The van der Waals surface area contributed by atoms with Crippen molar-refractivity contribution in [3.63, 3.8) is 0 Å². The first-order valence-electron chi connectivity index (χ1n) is 8.34. The second-order valence-electron chi connectivity index (χ2n) is 6.12. The maximum atomic E-state index is 13.9. The van der Waals surface area contributed by atoms with Crippen molar-refractivity contribution in [1.29, 1.82) is 0 Å². The van der Waals surface area contributed by atoms with E-state index >= 15 is 0 Å². The second-order valence-corrected chi connectivity index (χ2v) is 7.00. The van der Waals surface area contributed by atoms with E-state index in [1.54, 1.807) is 23.9 Å². The van der Waals surface area contributed by atoms with Crippen LogP contribution in [0.3, 0.4) is 0 Å². The van der Waals surface area contributed by atoms with Gasteiger partial charge in [-0.15, -0.1) is 11.8 Å². The van der Waals surface area contributed by atoms with Crippen LogP contribution in [0.15, 0.2) is 53.4 Å². The molecule has 1 saturated heterocycles. The molecule has 1 heterocycles. The minimum absolute atomic E-state index is 0.192. The summed E-state index contributed by atoms with van der Waals surface area (Å²) in [5.41, 5.74) is 1.42. The number of rotatable bonds is 5. The average Bonchev–Trinajstić information content (AvgIpc) is 3.09. The third-order valence-corrected chi connectivity index (χ3v) is 5.08. The first-order valence-corrected chi connectivity index (χ1v) is 9.56. The molecule has 2 aromatic carbocycles. The number of thioether (sulfide) groups is 1. The molecular formula is C19H22FN3OS. The zero-order chi connectivity index (χ0) is 17.6. The van der Waals surface area contributed by atoms with Gasteiger partial charge in [-0.3, -0.25) is 0 Å². The van der Waals surface area contributed by atoms with Crippen LogP contribution in [0.2, 0.25) is 0 Å². The fraction of sp³-hybridized carbons (Fsp3) is 0.316. The highest BCUT2D eigenvalue weighted by Crippen LogP contribution is 2.25. The summed E-state index contributed by atoms with van der Waals surface area (Å²) < 4.78 is 13.9. The summed E-state index contributed by atoms with van der Waals surface area (Å²) in [4.78, 5) is 15.2. The second kappa shape index (κ2) is 8.25. The molecule has 4 nitrogen and oxygen atoms in total. The summed E-state index contributed by atoms with van der Waals surface area (Å²) in [5.74, 6) is 0.130. The maximum Gasteiger partial charge on any atom is 0.319 e. The summed E-state index contributed by atoms with van der Waals surface area (Å²) in [5, 5.41) is 5.78. The number of benzene rings is 2. The Morgan fingerprint density at radius 1 is 1.28 bits per heavy atom. The SMILES string of the molecule is CSc1cccc(NC(=O)NC[C@@H]2CCN(c3ccccc3F)C2)c1. The van der Waals surface area contributed by atoms with Crippen LogP contribution in [-0.4, -0.2) is 31.9 Å². The molecule has 0 aromatic heterocycles. The lowest BCUT2D eigenvalue weighted by Crippen LogP contribution is -2.34. The van der Waals surface area contributed by atoms with E-state index in [2.05, 4.69) is 10.6 Å². The van der Waals surface area contributed by atoms with Crippen LogP contribution in [0, 0.1) is 11.7 Å². The lowest BCUT2D eigenvalue weighted by Gasteiger charge is -2.19. The molecule has 1 fully saturated rings. The lowest BCUT2D eigenvalue weighted by atomic mass is 10.1. The fourth-order valence-electron chi connectivity index (χ4n) is 3.04. The van der Waals surface area contributed by atoms with Gasteiger partial charge in [0, 0.05) is 30.2 Å². The molecule has 0 radical (unpaired) electrons. The summed E-state index contributed by atoms with van der Waals surface area (Å²) in [7, 11) is 0. The van der Waals surface area contributed by atoms with Gasteiger partial charge in [0.15, 0.2) is 0 Å². The van der Waals surface area contributed by atoms with Gasteiger partial charge in [-0.25, -0.2) is 9.18 Å². The van der Waals surface area contributed by atoms with Crippen molar-refractivity contribution in [2.24, 2.45) is 5.92 Å². The predicted octanol–water partition coefficient (Wildman–Crippen LogP) is 4.20. The van der Waals surface area contributed by atoms with E-state index in [9.17, 15) is 9.18 Å². The first-order chi connectivity index (χ1) is 12.2. The van der Waals surface area contributed by atoms with Crippen LogP contribution in [0.1, 0.15) is 6.42 Å². The quantitative estimate of drug-likeness (QED) is 0.787. The van der Waals surface area contributed by atoms with Gasteiger partial charge in [-0.2, -0.15) is 0 Å². The van der Waals surface area contributed by atoms with Gasteiger partial charge in [0.05, 0.1) is 5.69 Å². The fourth-order valence-corrected chi connectivity index (χ4v) is 3.50. The maximum absolute atomic E-state index is 13.9. The summed E-state index contributed by atoms with van der Waals surface area (Å²) in [6.45, 7) is 2.15. The molecule has 2 N–H and O–H groups in total. The van der Waals surface area contributed by atoms with Crippen molar-refractivity contribution < 1.29 is 9.18 Å². The van der Waals surface area contributed by atoms with Crippen molar-refractivity contribution in [2.45, 2.75) is 11.3 Å². The van der Waals surface area contributed by atoms with Crippen LogP contribution in [0.4, 0.5) is 20.6 Å². The molecule has 0 aliphatic carbocycles. The monoisotopic (exact) mass is 359 g/mol. The Kier molecular flexibility index (Phi) is 5.81. The molecule has 0 saturated carbocycles. The van der Waals surface area contributed by atoms with Crippen LogP contribution in [0.5, 0.6) is 0 Å². The number of halogens is 1. The third kappa shape index (κ3) is 4.66. The number of nitrogens with zero attached hydrogens (tertiary/aromatic N) is 1. The molecule has 1 aliphatic rings. The molecular weight excluding hydrogens is 337 g/mol. The number of urea groups is 1. The van der Waals surface area contributed by atoms with Gasteiger partial charge in [0.25, 0.3) is 0 Å². The van der Waals surface area contributed by atoms with Gasteiger partial charge in [-0.1, -0.05) is 18.2 Å². The minimum Gasteiger partial charge on any atom is -0.369 e. The van der Waals surface area contributed by atoms with E-state index in [4.69, 9.17) is 0 Å². The number of amides is 2. The van der Waals surface area contributed by atoms with E-state index in [1.807, 2.05) is 41.5 Å². The van der Waals surface area contributed by atoms with Crippen molar-refractivity contribution in [2.75, 3.05) is 36.1 Å². The smallest absolute Gasteiger partial charge is 0.319 e. The molecule has 3 rings (SSSR count). The summed E-state index contributed by atoms with van der Waals surface area (Å²) in [6, 6.07) is 14.4. The average molecular weight is 359 g/mol.